The molecule has 0 fully saturated rings. The van der Waals surface area contributed by atoms with Crippen molar-refractivity contribution in [1.82, 2.24) is 25.1 Å². The van der Waals surface area contributed by atoms with Crippen molar-refractivity contribution in [3.05, 3.63) is 23.8 Å². The molecule has 3 aromatic rings. The molecular weight excluding hydrogens is 338 g/mol. The van der Waals surface area contributed by atoms with Crippen LogP contribution in [0.2, 0.25) is 0 Å². The second-order valence-electron chi connectivity index (χ2n) is 5.66. The lowest BCUT2D eigenvalue weighted by atomic mass is 10.1. The fraction of sp³-hybridized carbons (Fsp3) is 0.412. The summed E-state index contributed by atoms with van der Waals surface area (Å²) < 4.78 is 6.92. The van der Waals surface area contributed by atoms with E-state index in [1.807, 2.05) is 11.6 Å². The lowest BCUT2D eigenvalue weighted by Crippen LogP contribution is -2.28. The smallest absolute Gasteiger partial charge is 0.230 e. The zero-order valence-electron chi connectivity index (χ0n) is 14.6. The first-order valence-corrected chi connectivity index (χ1v) is 9.12. The zero-order chi connectivity index (χ0) is 17.8. The Labute approximate surface area is 150 Å². The third-order valence-electron chi connectivity index (χ3n) is 4.01. The summed E-state index contributed by atoms with van der Waals surface area (Å²) in [4.78, 5) is 16.3. The van der Waals surface area contributed by atoms with Crippen LogP contribution in [0.4, 0.5) is 0 Å². The monoisotopic (exact) mass is 359 g/mol. The Bertz CT molecular complexity index is 909. The minimum absolute atomic E-state index is 0.0737. The molecule has 0 unspecified atom stereocenters. The standard InChI is InChI=1S/C17H21N5O2S/c1-4-11-5-6-13-12(9-11)15-16(22(13)2)19-17(21-20-15)25-10-14(23)18-7-8-24-3/h5-6,9H,4,7-8,10H2,1-3H3,(H,18,23). The van der Waals surface area contributed by atoms with Crippen molar-refractivity contribution >= 4 is 39.7 Å². The number of hydrogen-bond donors (Lipinski definition) is 1. The Morgan fingerprint density at radius 3 is 2.96 bits per heavy atom. The predicted molar refractivity (Wildman–Crippen MR) is 98.8 cm³/mol. The lowest BCUT2D eigenvalue weighted by molar-refractivity contribution is -0.118. The number of aromatic nitrogens is 4. The van der Waals surface area contributed by atoms with Gasteiger partial charge in [-0.15, -0.1) is 10.2 Å². The third kappa shape index (κ3) is 3.74. The van der Waals surface area contributed by atoms with Gasteiger partial charge in [-0.05, 0) is 24.1 Å². The highest BCUT2D eigenvalue weighted by Crippen LogP contribution is 2.27. The highest BCUT2D eigenvalue weighted by Gasteiger charge is 2.14. The zero-order valence-corrected chi connectivity index (χ0v) is 15.4. The van der Waals surface area contributed by atoms with Gasteiger partial charge in [0.1, 0.15) is 5.52 Å². The Kier molecular flexibility index (Phi) is 5.50. The number of benzene rings is 1. The number of nitrogens with one attached hydrogen (secondary N) is 1. The molecule has 0 bridgehead atoms. The molecule has 1 amide bonds. The van der Waals surface area contributed by atoms with Gasteiger partial charge in [0.25, 0.3) is 0 Å². The van der Waals surface area contributed by atoms with Crippen LogP contribution in [0.5, 0.6) is 0 Å². The van der Waals surface area contributed by atoms with E-state index < -0.39 is 0 Å². The van der Waals surface area contributed by atoms with Crippen molar-refractivity contribution in [3.63, 3.8) is 0 Å². The highest BCUT2D eigenvalue weighted by atomic mass is 32.2. The first kappa shape index (κ1) is 17.6. The largest absolute Gasteiger partial charge is 0.383 e. The van der Waals surface area contributed by atoms with E-state index in [2.05, 4.69) is 45.6 Å². The van der Waals surface area contributed by atoms with Crippen LogP contribution in [0.1, 0.15) is 12.5 Å². The van der Waals surface area contributed by atoms with Gasteiger partial charge in [-0.25, -0.2) is 4.98 Å². The molecule has 0 saturated heterocycles. The maximum absolute atomic E-state index is 11.8. The number of amides is 1. The molecule has 0 saturated carbocycles. The number of ether oxygens (including phenoxy) is 1. The van der Waals surface area contributed by atoms with Crippen LogP contribution in [0.25, 0.3) is 22.1 Å². The number of rotatable bonds is 7. The first-order chi connectivity index (χ1) is 12.1. The highest BCUT2D eigenvalue weighted by molar-refractivity contribution is 7.99. The topological polar surface area (TPSA) is 81.9 Å². The Balaban J connectivity index is 1.81. The quantitative estimate of drug-likeness (QED) is 0.513. The summed E-state index contributed by atoms with van der Waals surface area (Å²) in [5.41, 5.74) is 3.91. The molecule has 8 heteroatoms. The second-order valence-corrected chi connectivity index (χ2v) is 6.60. The van der Waals surface area contributed by atoms with Gasteiger partial charge in [0.2, 0.25) is 11.1 Å². The van der Waals surface area contributed by atoms with Crippen LogP contribution in [0, 0.1) is 0 Å². The number of methoxy groups -OCH3 is 1. The van der Waals surface area contributed by atoms with Crippen molar-refractivity contribution in [2.45, 2.75) is 18.5 Å². The van der Waals surface area contributed by atoms with Gasteiger partial charge < -0.3 is 14.6 Å². The molecule has 132 valence electrons. The molecule has 0 atom stereocenters. The van der Waals surface area contributed by atoms with E-state index in [1.165, 1.54) is 17.3 Å². The van der Waals surface area contributed by atoms with E-state index in [9.17, 15) is 4.79 Å². The van der Waals surface area contributed by atoms with Gasteiger partial charge >= 0.3 is 0 Å². The average Bonchev–Trinajstić information content (AvgIpc) is 2.92. The van der Waals surface area contributed by atoms with Crippen molar-refractivity contribution < 1.29 is 9.53 Å². The van der Waals surface area contributed by atoms with Gasteiger partial charge in [-0.1, -0.05) is 24.8 Å². The summed E-state index contributed by atoms with van der Waals surface area (Å²) >= 11 is 1.28. The average molecular weight is 359 g/mol. The summed E-state index contributed by atoms with van der Waals surface area (Å²) in [6.07, 6.45) is 0.972. The molecule has 0 aliphatic heterocycles. The fourth-order valence-electron chi connectivity index (χ4n) is 2.65. The minimum Gasteiger partial charge on any atom is -0.383 e. The van der Waals surface area contributed by atoms with Gasteiger partial charge in [-0.2, -0.15) is 0 Å². The van der Waals surface area contributed by atoms with E-state index in [1.54, 1.807) is 7.11 Å². The maximum Gasteiger partial charge on any atom is 0.230 e. The summed E-state index contributed by atoms with van der Waals surface area (Å²) in [6.45, 7) is 3.12. The number of carbonyl (C=O) groups excluding carboxylic acids is 1. The molecule has 1 aromatic carbocycles. The van der Waals surface area contributed by atoms with Crippen LogP contribution in [0.3, 0.4) is 0 Å². The Morgan fingerprint density at radius 2 is 2.20 bits per heavy atom. The number of aryl methyl sites for hydroxylation is 2. The number of carbonyl (C=O) groups is 1. The summed E-state index contributed by atoms with van der Waals surface area (Å²) in [7, 11) is 3.57. The number of fused-ring (bicyclic) bond motifs is 3. The SMILES string of the molecule is CCc1ccc2c(c1)c1nnc(SCC(=O)NCCOC)nc1n2C. The van der Waals surface area contributed by atoms with E-state index in [0.29, 0.717) is 18.3 Å². The molecular formula is C17H21N5O2S. The van der Waals surface area contributed by atoms with Crippen LogP contribution in [0.15, 0.2) is 23.4 Å². The number of thioether (sulfide) groups is 1. The van der Waals surface area contributed by atoms with Gasteiger partial charge in [0, 0.05) is 26.1 Å². The fourth-order valence-corrected chi connectivity index (χ4v) is 3.26. The second kappa shape index (κ2) is 7.79. The van der Waals surface area contributed by atoms with E-state index >= 15 is 0 Å². The van der Waals surface area contributed by atoms with E-state index in [4.69, 9.17) is 4.74 Å². The van der Waals surface area contributed by atoms with Crippen molar-refractivity contribution in [1.29, 1.82) is 0 Å². The number of nitrogens with zero attached hydrogens (tertiary/aromatic N) is 4. The predicted octanol–water partition coefficient (Wildman–Crippen LogP) is 1.93. The molecule has 0 aliphatic rings. The summed E-state index contributed by atoms with van der Waals surface area (Å²) in [5.74, 6) is 0.177. The normalized spacial score (nSPS) is 11.3. The van der Waals surface area contributed by atoms with E-state index in [0.717, 1.165) is 28.5 Å². The molecule has 2 aromatic heterocycles. The van der Waals surface area contributed by atoms with Crippen molar-refractivity contribution in [3.8, 4) is 0 Å². The Morgan fingerprint density at radius 1 is 1.36 bits per heavy atom. The Hall–Kier alpha value is -2.19. The molecule has 0 aliphatic carbocycles. The van der Waals surface area contributed by atoms with Gasteiger partial charge in [-0.3, -0.25) is 4.79 Å². The molecule has 0 spiro atoms. The molecule has 2 heterocycles. The summed E-state index contributed by atoms with van der Waals surface area (Å²) in [5, 5.41) is 12.9. The van der Waals surface area contributed by atoms with Crippen LogP contribution in [-0.4, -0.2) is 51.7 Å². The molecule has 3 rings (SSSR count). The van der Waals surface area contributed by atoms with Crippen molar-refractivity contribution in [2.24, 2.45) is 7.05 Å². The van der Waals surface area contributed by atoms with Gasteiger partial charge in [0.15, 0.2) is 5.65 Å². The van der Waals surface area contributed by atoms with Crippen LogP contribution >= 0.6 is 11.8 Å². The maximum atomic E-state index is 11.8. The molecule has 0 radical (unpaired) electrons. The molecule has 7 nitrogen and oxygen atoms in total. The first-order valence-electron chi connectivity index (χ1n) is 8.14. The summed E-state index contributed by atoms with van der Waals surface area (Å²) in [6, 6.07) is 6.35. The third-order valence-corrected chi connectivity index (χ3v) is 4.85. The number of hydrogen-bond acceptors (Lipinski definition) is 6. The lowest BCUT2D eigenvalue weighted by Gasteiger charge is -2.03. The van der Waals surface area contributed by atoms with Crippen LogP contribution < -0.4 is 5.32 Å². The van der Waals surface area contributed by atoms with Crippen LogP contribution in [-0.2, 0) is 23.0 Å². The van der Waals surface area contributed by atoms with Gasteiger partial charge in [0.05, 0.1) is 17.9 Å². The molecule has 1 N–H and O–H groups in total. The molecule has 25 heavy (non-hydrogen) atoms. The van der Waals surface area contributed by atoms with E-state index in [-0.39, 0.29) is 11.7 Å². The van der Waals surface area contributed by atoms with Crippen molar-refractivity contribution in [2.75, 3.05) is 26.0 Å². The minimum atomic E-state index is -0.0737.